The molecule has 0 aliphatic carbocycles. The van der Waals surface area contributed by atoms with Crippen molar-refractivity contribution in [2.24, 2.45) is 0 Å². The lowest BCUT2D eigenvalue weighted by molar-refractivity contribution is -0.127. The molecule has 1 unspecified atom stereocenters. The van der Waals surface area contributed by atoms with Crippen molar-refractivity contribution < 1.29 is 9.53 Å². The highest BCUT2D eigenvalue weighted by molar-refractivity contribution is 5.77. The van der Waals surface area contributed by atoms with Gasteiger partial charge in [-0.05, 0) is 39.7 Å². The van der Waals surface area contributed by atoms with E-state index in [1.807, 2.05) is 13.8 Å². The Balaban J connectivity index is 2.11. The van der Waals surface area contributed by atoms with E-state index in [1.54, 1.807) is 0 Å². The molecule has 1 amide bonds. The van der Waals surface area contributed by atoms with Gasteiger partial charge in [0.15, 0.2) is 0 Å². The largest absolute Gasteiger partial charge is 0.370 e. The van der Waals surface area contributed by atoms with Gasteiger partial charge in [-0.25, -0.2) is 0 Å². The Morgan fingerprint density at radius 1 is 1.47 bits per heavy atom. The smallest absolute Gasteiger partial charge is 0.246 e. The number of ether oxygens (including phenoxy) is 1. The molecule has 1 heterocycles. The molecule has 0 radical (unpaired) electrons. The zero-order valence-electron chi connectivity index (χ0n) is 11.3. The van der Waals surface area contributed by atoms with E-state index in [0.717, 1.165) is 19.4 Å². The summed E-state index contributed by atoms with van der Waals surface area (Å²) in [6, 6.07) is 0.427. The Hall–Kier alpha value is -0.610. The Labute approximate surface area is 104 Å². The summed E-state index contributed by atoms with van der Waals surface area (Å²) in [4.78, 5) is 11.6. The fourth-order valence-electron chi connectivity index (χ4n) is 1.86. The Bertz CT molecular complexity index is 236. The second-order valence-corrected chi connectivity index (χ2v) is 5.45. The van der Waals surface area contributed by atoms with Gasteiger partial charge in [-0.3, -0.25) is 4.79 Å². The molecule has 2 N–H and O–H groups in total. The molecule has 1 saturated heterocycles. The van der Waals surface area contributed by atoms with Crippen LogP contribution in [0, 0.1) is 0 Å². The molecular weight excluding hydrogens is 216 g/mol. The highest BCUT2D eigenvalue weighted by Crippen LogP contribution is 2.08. The maximum absolute atomic E-state index is 11.6. The third-order valence-electron chi connectivity index (χ3n) is 3.33. The molecule has 4 heteroatoms. The fourth-order valence-corrected chi connectivity index (χ4v) is 1.86. The first kappa shape index (κ1) is 14.5. The summed E-state index contributed by atoms with van der Waals surface area (Å²) in [6.45, 7) is 7.99. The zero-order valence-corrected chi connectivity index (χ0v) is 11.3. The van der Waals surface area contributed by atoms with Gasteiger partial charge in [0.05, 0.1) is 6.61 Å². The van der Waals surface area contributed by atoms with Crippen molar-refractivity contribution in [1.82, 2.24) is 10.6 Å². The Morgan fingerprint density at radius 2 is 2.24 bits per heavy atom. The molecule has 0 aromatic rings. The van der Waals surface area contributed by atoms with Crippen LogP contribution in [0.4, 0.5) is 0 Å². The van der Waals surface area contributed by atoms with E-state index in [4.69, 9.17) is 4.74 Å². The van der Waals surface area contributed by atoms with Gasteiger partial charge in [-0.2, -0.15) is 0 Å². The molecule has 0 aromatic carbocycles. The van der Waals surface area contributed by atoms with E-state index in [2.05, 4.69) is 17.6 Å². The third-order valence-corrected chi connectivity index (χ3v) is 3.33. The van der Waals surface area contributed by atoms with Crippen molar-refractivity contribution in [3.05, 3.63) is 0 Å². The number of carbonyl (C=O) groups is 1. The molecule has 100 valence electrons. The van der Waals surface area contributed by atoms with E-state index in [-0.39, 0.29) is 18.1 Å². The van der Waals surface area contributed by atoms with Gasteiger partial charge in [0.1, 0.15) is 6.61 Å². The summed E-state index contributed by atoms with van der Waals surface area (Å²) in [5.41, 5.74) is -0.135. The molecule has 0 saturated carbocycles. The lowest BCUT2D eigenvalue weighted by Gasteiger charge is -2.25. The average Bonchev–Trinajstić information content (AvgIpc) is 2.30. The van der Waals surface area contributed by atoms with Crippen molar-refractivity contribution in [3.8, 4) is 0 Å². The molecule has 17 heavy (non-hydrogen) atoms. The van der Waals surface area contributed by atoms with Crippen molar-refractivity contribution in [2.75, 3.05) is 19.8 Å². The number of hydrogen-bond acceptors (Lipinski definition) is 3. The summed E-state index contributed by atoms with van der Waals surface area (Å²) in [5, 5.41) is 6.35. The van der Waals surface area contributed by atoms with Crippen LogP contribution in [0.15, 0.2) is 0 Å². The first-order valence-corrected chi connectivity index (χ1v) is 6.65. The minimum atomic E-state index is -0.135. The van der Waals surface area contributed by atoms with E-state index in [1.165, 1.54) is 12.8 Å². The molecular formula is C13H26N2O2. The highest BCUT2D eigenvalue weighted by atomic mass is 16.5. The van der Waals surface area contributed by atoms with Crippen molar-refractivity contribution in [2.45, 2.75) is 58.0 Å². The molecule has 1 rings (SSSR count). The third kappa shape index (κ3) is 6.03. The lowest BCUT2D eigenvalue weighted by atomic mass is 10.0. The summed E-state index contributed by atoms with van der Waals surface area (Å²) in [7, 11) is 0. The second-order valence-electron chi connectivity index (χ2n) is 5.45. The summed E-state index contributed by atoms with van der Waals surface area (Å²) < 4.78 is 5.45. The molecule has 4 nitrogen and oxygen atoms in total. The van der Waals surface area contributed by atoms with Crippen LogP contribution in [-0.2, 0) is 9.53 Å². The van der Waals surface area contributed by atoms with E-state index in [0.29, 0.717) is 12.6 Å². The highest BCUT2D eigenvalue weighted by Gasteiger charge is 2.18. The normalized spacial score (nSPS) is 21.2. The maximum atomic E-state index is 11.6. The molecule has 0 aromatic heterocycles. The molecule has 1 fully saturated rings. The minimum Gasteiger partial charge on any atom is -0.370 e. The Morgan fingerprint density at radius 3 is 2.82 bits per heavy atom. The van der Waals surface area contributed by atoms with Crippen LogP contribution in [0.5, 0.6) is 0 Å². The van der Waals surface area contributed by atoms with Crippen molar-refractivity contribution in [1.29, 1.82) is 0 Å². The van der Waals surface area contributed by atoms with Gasteiger partial charge in [0, 0.05) is 11.6 Å². The van der Waals surface area contributed by atoms with Crippen molar-refractivity contribution >= 4 is 5.91 Å². The molecule has 1 atom stereocenters. The topological polar surface area (TPSA) is 50.4 Å². The van der Waals surface area contributed by atoms with Gasteiger partial charge in [0.25, 0.3) is 0 Å². The standard InChI is InChI=1S/C13H26N2O2/c1-4-13(2,3)15-12(16)10-17-9-11-7-5-6-8-14-11/h11,14H,4-10H2,1-3H3,(H,15,16). The SMILES string of the molecule is CCC(C)(C)NC(=O)COCC1CCCCN1. The monoisotopic (exact) mass is 242 g/mol. The summed E-state index contributed by atoms with van der Waals surface area (Å²) in [5.74, 6) is -0.0207. The van der Waals surface area contributed by atoms with Gasteiger partial charge < -0.3 is 15.4 Å². The van der Waals surface area contributed by atoms with Crippen LogP contribution in [0.1, 0.15) is 46.5 Å². The minimum absolute atomic E-state index is 0.0207. The average molecular weight is 242 g/mol. The van der Waals surface area contributed by atoms with Gasteiger partial charge in [-0.15, -0.1) is 0 Å². The second kappa shape index (κ2) is 6.97. The molecule has 1 aliphatic rings. The quantitative estimate of drug-likeness (QED) is 0.741. The van der Waals surface area contributed by atoms with Crippen molar-refractivity contribution in [3.63, 3.8) is 0 Å². The number of hydrogen-bond donors (Lipinski definition) is 2. The number of rotatable bonds is 6. The summed E-state index contributed by atoms with van der Waals surface area (Å²) in [6.07, 6.45) is 4.59. The number of piperidine rings is 1. The van der Waals surface area contributed by atoms with Crippen LogP contribution < -0.4 is 10.6 Å². The first-order chi connectivity index (χ1) is 8.03. The van der Waals surface area contributed by atoms with Gasteiger partial charge in [0.2, 0.25) is 5.91 Å². The van der Waals surface area contributed by atoms with E-state index < -0.39 is 0 Å². The number of nitrogens with one attached hydrogen (secondary N) is 2. The van der Waals surface area contributed by atoms with Crippen LogP contribution in [-0.4, -0.2) is 37.2 Å². The number of carbonyl (C=O) groups excluding carboxylic acids is 1. The van der Waals surface area contributed by atoms with Crippen LogP contribution >= 0.6 is 0 Å². The fraction of sp³-hybridized carbons (Fsp3) is 0.923. The predicted octanol–water partition coefficient (Wildman–Crippen LogP) is 1.45. The van der Waals surface area contributed by atoms with Crippen LogP contribution in [0.25, 0.3) is 0 Å². The lowest BCUT2D eigenvalue weighted by Crippen LogP contribution is -2.45. The summed E-state index contributed by atoms with van der Waals surface area (Å²) >= 11 is 0. The van der Waals surface area contributed by atoms with Crippen LogP contribution in [0.2, 0.25) is 0 Å². The van der Waals surface area contributed by atoms with Gasteiger partial charge in [-0.1, -0.05) is 13.3 Å². The van der Waals surface area contributed by atoms with Crippen LogP contribution in [0.3, 0.4) is 0 Å². The van der Waals surface area contributed by atoms with E-state index in [9.17, 15) is 4.79 Å². The van der Waals surface area contributed by atoms with Gasteiger partial charge >= 0.3 is 0 Å². The molecule has 1 aliphatic heterocycles. The first-order valence-electron chi connectivity index (χ1n) is 6.65. The maximum Gasteiger partial charge on any atom is 0.246 e. The van der Waals surface area contributed by atoms with E-state index >= 15 is 0 Å². The Kier molecular flexibility index (Phi) is 5.92. The molecule has 0 spiro atoms. The predicted molar refractivity (Wildman–Crippen MR) is 69.0 cm³/mol. The molecule has 0 bridgehead atoms. The number of amides is 1. The zero-order chi connectivity index (χ0) is 12.7.